The first-order valence-electron chi connectivity index (χ1n) is 28.6. The van der Waals surface area contributed by atoms with Crippen molar-refractivity contribution in [1.29, 1.82) is 0 Å². The van der Waals surface area contributed by atoms with Crippen LogP contribution >= 0.6 is 46.4 Å². The van der Waals surface area contributed by atoms with Crippen molar-refractivity contribution in [2.75, 3.05) is 13.2 Å². The number of rotatable bonds is 33. The van der Waals surface area contributed by atoms with Crippen molar-refractivity contribution in [1.82, 2.24) is 41.9 Å². The zero-order valence-corrected chi connectivity index (χ0v) is 52.9. The third-order valence-electron chi connectivity index (χ3n) is 14.4. The summed E-state index contributed by atoms with van der Waals surface area (Å²) in [7, 11) is 0. The number of fused-ring (bicyclic) bond motifs is 2. The van der Waals surface area contributed by atoms with Crippen LogP contribution in [-0.4, -0.2) is 122 Å². The van der Waals surface area contributed by atoms with Crippen molar-refractivity contribution < 1.29 is 72.4 Å². The number of carbonyl (C=O) groups is 11. The van der Waals surface area contributed by atoms with Crippen molar-refractivity contribution in [2.45, 2.75) is 89.6 Å². The van der Waals surface area contributed by atoms with Gasteiger partial charge in [0.2, 0.25) is 29.5 Å². The minimum atomic E-state index is -1.77. The van der Waals surface area contributed by atoms with E-state index in [1.165, 1.54) is 42.5 Å². The van der Waals surface area contributed by atoms with Crippen LogP contribution < -0.4 is 47.1 Å². The standard InChI is InChI=1S/C65H63Cl4N9O15/c1-5-32(3)59(85)41-15-17-49(57(68)55(41)66)92-30-51(79)75-47(26-53(81)82)64(90)77-45(24-39-22-36-11-7-9-13-43(36)73-39)62(88)71-28-34-19-35(21-38(20-34)61(70)87)29-72-63(89)46(25-40-23-37-12-8-10-14-44(37)74-40)78-65(91)48(27-54(83)84)76-52(80)31-93-50-18-16-42(56(67)58(50)69)60(86)33(4)6-2/h7-23,45-48,73-74H,3-6,24-31H2,1-2H3,(H2,70,87)(H,71,88)(H,72,89)(H,75,79)(H,76,80)(H,77,90)(H,78,91)(H,81,82)(H,83,84)/t45-,46-,47-,48-/m0/s1. The molecule has 0 saturated heterocycles. The number of aliphatic carboxylic acids is 2. The number of aromatic nitrogens is 2. The Morgan fingerprint density at radius 2 is 0.892 bits per heavy atom. The van der Waals surface area contributed by atoms with Gasteiger partial charge in [-0.2, -0.15) is 0 Å². The van der Waals surface area contributed by atoms with E-state index in [1.54, 1.807) is 62.4 Å². The highest BCUT2D eigenvalue weighted by atomic mass is 35.5. The smallest absolute Gasteiger partial charge is 0.305 e. The molecule has 0 fully saturated rings. The molecule has 7 aromatic rings. The molecule has 0 aliphatic rings. The Balaban J connectivity index is 1.06. The monoisotopic (exact) mass is 1350 g/mol. The van der Waals surface area contributed by atoms with E-state index in [2.05, 4.69) is 55.0 Å². The predicted octanol–water partition coefficient (Wildman–Crippen LogP) is 7.42. The van der Waals surface area contributed by atoms with Crippen LogP contribution in [0.3, 0.4) is 0 Å². The Kier molecular flexibility index (Phi) is 24.5. The van der Waals surface area contributed by atoms with Gasteiger partial charge in [-0.15, -0.1) is 0 Å². The number of H-pyrrole nitrogens is 2. The second-order valence-electron chi connectivity index (χ2n) is 21.2. The largest absolute Gasteiger partial charge is 0.482 e. The van der Waals surface area contributed by atoms with E-state index < -0.39 is 115 Å². The maximum atomic E-state index is 14.3. The van der Waals surface area contributed by atoms with E-state index >= 15 is 0 Å². The molecule has 0 saturated carbocycles. The van der Waals surface area contributed by atoms with Gasteiger partial charge in [0.25, 0.3) is 11.8 Å². The molecule has 2 heterocycles. The first-order chi connectivity index (χ1) is 44.2. The van der Waals surface area contributed by atoms with Gasteiger partial charge in [-0.1, -0.05) is 116 Å². The Bertz CT molecular complexity index is 3810. The fraction of sp³-hybridized carbons (Fsp3) is 0.246. The van der Waals surface area contributed by atoms with E-state index in [1.807, 2.05) is 12.1 Å². The maximum Gasteiger partial charge on any atom is 0.305 e. The number of hydrogen-bond donors (Lipinski definition) is 11. The number of ether oxygens (including phenoxy) is 2. The summed E-state index contributed by atoms with van der Waals surface area (Å²) in [6, 6.07) is 20.9. The minimum Gasteiger partial charge on any atom is -0.482 e. The van der Waals surface area contributed by atoms with Crippen molar-refractivity contribution in [3.05, 3.63) is 187 Å². The summed E-state index contributed by atoms with van der Waals surface area (Å²) in [5.41, 5.74) is 9.18. The molecule has 0 bridgehead atoms. The van der Waals surface area contributed by atoms with E-state index in [9.17, 15) is 63.0 Å². The molecular weight excluding hydrogens is 1290 g/mol. The number of para-hydroxylation sites is 2. The number of aromatic amines is 2. The Morgan fingerprint density at radius 1 is 0.505 bits per heavy atom. The molecule has 0 radical (unpaired) electrons. The second kappa shape index (κ2) is 32.3. The van der Waals surface area contributed by atoms with Gasteiger partial charge in [-0.05, 0) is 107 Å². The van der Waals surface area contributed by atoms with Gasteiger partial charge in [0.05, 0.1) is 22.9 Å². The normalized spacial score (nSPS) is 12.3. The first-order valence-corrected chi connectivity index (χ1v) is 30.2. The zero-order chi connectivity index (χ0) is 67.8. The molecule has 0 aliphatic carbocycles. The Labute approximate surface area is 551 Å². The van der Waals surface area contributed by atoms with Gasteiger partial charge in [0, 0.05) is 65.0 Å². The van der Waals surface area contributed by atoms with Crippen molar-refractivity contribution in [3.8, 4) is 11.5 Å². The summed E-state index contributed by atoms with van der Waals surface area (Å²) in [6.07, 6.45) is -1.57. The van der Waals surface area contributed by atoms with Crippen LogP contribution in [0.1, 0.15) is 93.1 Å². The summed E-state index contributed by atoms with van der Waals surface area (Å²) in [5.74, 6) is -10.7. The summed E-state index contributed by atoms with van der Waals surface area (Å²) >= 11 is 25.5. The minimum absolute atomic E-state index is 0.0486. The van der Waals surface area contributed by atoms with Crippen LogP contribution in [0.2, 0.25) is 20.1 Å². The van der Waals surface area contributed by atoms with Crippen molar-refractivity contribution >= 4 is 133 Å². The maximum absolute atomic E-state index is 14.3. The van der Waals surface area contributed by atoms with Crippen LogP contribution in [0.4, 0.5) is 0 Å². The third-order valence-corrected chi connectivity index (χ3v) is 16.1. The number of nitrogens with one attached hydrogen (secondary N) is 8. The number of Topliss-reactive ketones (excluding diaryl/α,β-unsaturated/α-hetero) is 2. The van der Waals surface area contributed by atoms with Gasteiger partial charge >= 0.3 is 11.9 Å². The highest BCUT2D eigenvalue weighted by Gasteiger charge is 2.32. The van der Waals surface area contributed by atoms with Crippen molar-refractivity contribution in [2.24, 2.45) is 5.73 Å². The number of carboxylic acid groups (broad SMARTS) is 2. The average Bonchev–Trinajstić information content (AvgIpc) is 1.91. The lowest BCUT2D eigenvalue weighted by molar-refractivity contribution is -0.141. The lowest BCUT2D eigenvalue weighted by Crippen LogP contribution is -2.55. The lowest BCUT2D eigenvalue weighted by Gasteiger charge is -2.23. The SMILES string of the molecule is C=C(CC)C(=O)c1ccc(OCC(=O)N[C@@H](CC(=O)O)C(=O)N[C@@H](Cc2cc3ccccc3[nH]2)C(=O)NCc2cc(CNC(=O)[C@H](Cc3cc4ccccc4[nH]3)NC(=O)[C@H](CC(=O)O)NC(=O)COc3ccc(C(=O)C(=C)CC)c(Cl)c3Cl)cc(C(N)=O)c2)c(Cl)c1Cl. The highest BCUT2D eigenvalue weighted by molar-refractivity contribution is 6.46. The molecule has 0 spiro atoms. The zero-order valence-electron chi connectivity index (χ0n) is 49.9. The van der Waals surface area contributed by atoms with Crippen molar-refractivity contribution in [3.63, 3.8) is 0 Å². The molecule has 5 aromatic carbocycles. The average molecular weight is 1350 g/mol. The first kappa shape index (κ1) is 70.4. The third kappa shape index (κ3) is 19.0. The molecule has 12 N–H and O–H groups in total. The summed E-state index contributed by atoms with van der Waals surface area (Å²) in [6.45, 7) is 8.66. The number of allylic oxidation sites excluding steroid dienone is 2. The number of amides is 7. The molecule has 7 amide bonds. The van der Waals surface area contributed by atoms with Gasteiger partial charge < -0.3 is 67.3 Å². The van der Waals surface area contributed by atoms with Gasteiger partial charge in [-0.25, -0.2) is 0 Å². The van der Waals surface area contributed by atoms with E-state index in [0.717, 1.165) is 10.8 Å². The molecule has 2 aromatic heterocycles. The predicted molar refractivity (Wildman–Crippen MR) is 346 cm³/mol. The summed E-state index contributed by atoms with van der Waals surface area (Å²) in [4.78, 5) is 152. The number of carboxylic acids is 2. The van der Waals surface area contributed by atoms with Gasteiger partial charge in [0.1, 0.15) is 45.7 Å². The Hall–Kier alpha value is -10.0. The van der Waals surface area contributed by atoms with Crippen LogP contribution in [0.15, 0.2) is 127 Å². The summed E-state index contributed by atoms with van der Waals surface area (Å²) in [5, 5.41) is 35.7. The lowest BCUT2D eigenvalue weighted by atomic mass is 10.0. The fourth-order valence-electron chi connectivity index (χ4n) is 9.49. The second-order valence-corrected chi connectivity index (χ2v) is 22.7. The summed E-state index contributed by atoms with van der Waals surface area (Å²) < 4.78 is 11.1. The number of nitrogens with two attached hydrogens (primary N) is 1. The van der Waals surface area contributed by atoms with E-state index in [4.69, 9.17) is 61.6 Å². The number of hydrogen-bond acceptors (Lipinski definition) is 13. The molecular formula is C65H63Cl4N9O15. The number of carbonyl (C=O) groups excluding carboxylic acids is 9. The Morgan fingerprint density at radius 3 is 1.25 bits per heavy atom. The fourth-order valence-corrected chi connectivity index (χ4v) is 10.4. The van der Waals surface area contributed by atoms with Gasteiger partial charge in [-0.3, -0.25) is 52.7 Å². The molecule has 7 rings (SSSR count). The molecule has 4 atom stereocenters. The number of primary amides is 1. The molecule has 0 unspecified atom stereocenters. The van der Waals surface area contributed by atoms with Crippen LogP contribution in [0.25, 0.3) is 21.8 Å². The molecule has 24 nitrogen and oxygen atoms in total. The van der Waals surface area contributed by atoms with Crippen LogP contribution in [-0.2, 0) is 64.3 Å². The van der Waals surface area contributed by atoms with Crippen LogP contribution in [0, 0.1) is 0 Å². The number of ketones is 2. The number of halogens is 4. The quantitative estimate of drug-likeness (QED) is 0.0141. The molecule has 93 heavy (non-hydrogen) atoms. The van der Waals surface area contributed by atoms with Crippen LogP contribution in [0.5, 0.6) is 11.5 Å². The molecule has 0 aliphatic heterocycles. The number of benzene rings is 5. The molecule has 486 valence electrons. The highest BCUT2D eigenvalue weighted by Crippen LogP contribution is 2.37. The van der Waals surface area contributed by atoms with E-state index in [-0.39, 0.29) is 96.5 Å². The molecule has 28 heteroatoms. The van der Waals surface area contributed by atoms with Gasteiger partial charge in [0.15, 0.2) is 24.8 Å². The van der Waals surface area contributed by atoms with E-state index in [0.29, 0.717) is 35.3 Å². The topological polar surface area (TPSA) is 376 Å².